The lowest BCUT2D eigenvalue weighted by Gasteiger charge is -2.47. The third kappa shape index (κ3) is 3.71. The summed E-state index contributed by atoms with van der Waals surface area (Å²) in [5, 5.41) is 23.9. The monoisotopic (exact) mass is 339 g/mol. The van der Waals surface area contributed by atoms with Gasteiger partial charge in [0.1, 0.15) is 0 Å². The summed E-state index contributed by atoms with van der Waals surface area (Å²) >= 11 is 0. The van der Waals surface area contributed by atoms with Gasteiger partial charge in [-0.05, 0) is 19.8 Å². The van der Waals surface area contributed by atoms with E-state index in [1.54, 1.807) is 20.8 Å². The van der Waals surface area contributed by atoms with Crippen LogP contribution in [0.15, 0.2) is 0 Å². The largest absolute Gasteiger partial charge is 0.481 e. The normalized spacial score (nSPS) is 26.9. The zero-order chi connectivity index (χ0) is 18.7. The van der Waals surface area contributed by atoms with Crippen LogP contribution in [0.1, 0.15) is 40.5 Å². The maximum atomic E-state index is 12.3. The van der Waals surface area contributed by atoms with Crippen LogP contribution in [0.4, 0.5) is 0 Å². The highest BCUT2D eigenvalue weighted by molar-refractivity contribution is 6.40. The van der Waals surface area contributed by atoms with E-state index in [-0.39, 0.29) is 18.3 Å². The van der Waals surface area contributed by atoms with Crippen molar-refractivity contribution in [2.24, 2.45) is 17.3 Å². The Morgan fingerprint density at radius 1 is 1.21 bits per heavy atom. The molecule has 1 radical (unpaired) electrons. The molecule has 4 N–H and O–H groups in total. The van der Waals surface area contributed by atoms with Crippen LogP contribution in [-0.2, 0) is 19.2 Å². The van der Waals surface area contributed by atoms with Crippen molar-refractivity contribution in [3.63, 3.8) is 0 Å². The van der Waals surface area contributed by atoms with Gasteiger partial charge in [0.2, 0.25) is 19.2 Å². The summed E-state index contributed by atoms with van der Waals surface area (Å²) in [6, 6.07) is -0.158. The minimum atomic E-state index is -2.13. The Morgan fingerprint density at radius 3 is 2.21 bits per heavy atom. The first kappa shape index (κ1) is 20.0. The number of hydrogen-bond donors (Lipinski definition) is 4. The summed E-state index contributed by atoms with van der Waals surface area (Å²) in [5.41, 5.74) is -2.13. The van der Waals surface area contributed by atoms with Crippen LogP contribution < -0.4 is 10.5 Å². The van der Waals surface area contributed by atoms with Gasteiger partial charge in [-0.3, -0.25) is 19.2 Å². The number of carbonyl (C=O) groups is 4. The Morgan fingerprint density at radius 2 is 1.79 bits per heavy atom. The predicted molar refractivity (Wildman–Crippen MR) is 86.2 cm³/mol. The zero-order valence-electron chi connectivity index (χ0n) is 14.3. The second-order valence-corrected chi connectivity index (χ2v) is 6.61. The Balaban J connectivity index is 3.02. The number of nitrogens with one attached hydrogen (secondary N) is 2. The van der Waals surface area contributed by atoms with Crippen LogP contribution in [0.2, 0.25) is 5.82 Å². The van der Waals surface area contributed by atoms with Gasteiger partial charge in [-0.25, -0.2) is 0 Å². The highest BCUT2D eigenvalue weighted by Crippen LogP contribution is 2.52. The van der Waals surface area contributed by atoms with Gasteiger partial charge in [0.05, 0.1) is 11.8 Å². The Kier molecular flexibility index (Phi) is 6.39. The van der Waals surface area contributed by atoms with Gasteiger partial charge in [0.25, 0.3) is 0 Å². The number of aliphatic carboxylic acids is 2. The number of carbonyl (C=O) groups excluding carboxylic acids is 2. The minimum Gasteiger partial charge on any atom is -0.481 e. The summed E-state index contributed by atoms with van der Waals surface area (Å²) in [6.07, 6.45) is 0.323. The summed E-state index contributed by atoms with van der Waals surface area (Å²) < 4.78 is 0. The molecule has 133 valence electrons. The maximum Gasteiger partial charge on any atom is 0.320 e. The number of carboxylic acid groups (broad SMARTS) is 2. The van der Waals surface area contributed by atoms with Crippen molar-refractivity contribution < 1.29 is 29.4 Å². The average Bonchev–Trinajstić information content (AvgIpc) is 2.42. The van der Waals surface area contributed by atoms with Gasteiger partial charge in [0.15, 0.2) is 5.41 Å². The van der Waals surface area contributed by atoms with Crippen molar-refractivity contribution in [3.05, 3.63) is 0 Å². The van der Waals surface area contributed by atoms with Crippen LogP contribution in [-0.4, -0.2) is 47.4 Å². The molecule has 0 heterocycles. The molecule has 0 spiro atoms. The van der Waals surface area contributed by atoms with Crippen LogP contribution in [0.5, 0.6) is 0 Å². The highest BCUT2D eigenvalue weighted by Gasteiger charge is 2.69. The fourth-order valence-electron chi connectivity index (χ4n) is 2.78. The first-order chi connectivity index (χ1) is 11.1. The summed E-state index contributed by atoms with van der Waals surface area (Å²) in [7, 11) is 1.40. The quantitative estimate of drug-likeness (QED) is 0.370. The van der Waals surface area contributed by atoms with Crippen molar-refractivity contribution >= 4 is 31.2 Å². The molecule has 0 aromatic rings. The SMILES string of the molecule is CCC(C)NC(=O)C1CC(C(=O)O)(C(=O)N[B]C(C)C)C1C(=O)O. The average molecular weight is 339 g/mol. The van der Waals surface area contributed by atoms with Crippen molar-refractivity contribution in [1.29, 1.82) is 0 Å². The lowest BCUT2D eigenvalue weighted by molar-refractivity contribution is -0.188. The van der Waals surface area contributed by atoms with E-state index in [0.717, 1.165) is 0 Å². The molecular formula is C15H24BN2O6. The molecule has 24 heavy (non-hydrogen) atoms. The van der Waals surface area contributed by atoms with E-state index in [0.29, 0.717) is 6.42 Å². The number of carboxylic acids is 2. The number of hydrogen-bond acceptors (Lipinski definition) is 4. The van der Waals surface area contributed by atoms with Gasteiger partial charge in [-0.1, -0.05) is 26.6 Å². The van der Waals surface area contributed by atoms with Crippen LogP contribution in [0.25, 0.3) is 0 Å². The van der Waals surface area contributed by atoms with Gasteiger partial charge >= 0.3 is 11.9 Å². The van der Waals surface area contributed by atoms with Crippen molar-refractivity contribution in [2.75, 3.05) is 0 Å². The van der Waals surface area contributed by atoms with Crippen LogP contribution in [0, 0.1) is 17.3 Å². The third-order valence-corrected chi connectivity index (χ3v) is 4.41. The van der Waals surface area contributed by atoms with Gasteiger partial charge in [-0.15, -0.1) is 0 Å². The first-order valence-electron chi connectivity index (χ1n) is 7.98. The summed E-state index contributed by atoms with van der Waals surface area (Å²) in [4.78, 5) is 47.8. The van der Waals surface area contributed by atoms with Gasteiger partial charge in [-0.2, -0.15) is 0 Å². The molecule has 4 unspecified atom stereocenters. The lowest BCUT2D eigenvalue weighted by atomic mass is 9.52. The molecule has 0 aromatic carbocycles. The molecule has 1 aliphatic carbocycles. The summed E-state index contributed by atoms with van der Waals surface area (Å²) in [6.45, 7) is 7.19. The van der Waals surface area contributed by atoms with E-state index in [4.69, 9.17) is 0 Å². The molecule has 1 saturated carbocycles. The smallest absolute Gasteiger partial charge is 0.320 e. The standard InChI is InChI=1S/C15H24BN2O6/c1-5-8(4)17-11(19)9-6-15(14(23)24,10(9)12(20)21)13(22)18-16-7(2)3/h7-10H,5-6H2,1-4H3,(H,17,19)(H,18,22)(H,20,21)(H,23,24). The first-order valence-corrected chi connectivity index (χ1v) is 7.98. The van der Waals surface area contributed by atoms with Crippen molar-refractivity contribution in [3.8, 4) is 0 Å². The molecule has 9 heteroatoms. The lowest BCUT2D eigenvalue weighted by Crippen LogP contribution is -2.67. The Bertz CT molecular complexity index is 538. The number of rotatable bonds is 8. The fourth-order valence-corrected chi connectivity index (χ4v) is 2.78. The molecule has 8 nitrogen and oxygen atoms in total. The van der Waals surface area contributed by atoms with Crippen molar-refractivity contribution in [1.82, 2.24) is 10.5 Å². The van der Waals surface area contributed by atoms with E-state index in [1.165, 1.54) is 7.41 Å². The minimum absolute atomic E-state index is 0.0346. The topological polar surface area (TPSA) is 133 Å². The molecule has 0 aromatic heterocycles. The van der Waals surface area contributed by atoms with E-state index in [1.807, 2.05) is 6.92 Å². The molecule has 1 fully saturated rings. The van der Waals surface area contributed by atoms with E-state index >= 15 is 0 Å². The second kappa shape index (κ2) is 7.68. The zero-order valence-corrected chi connectivity index (χ0v) is 14.3. The van der Waals surface area contributed by atoms with Crippen LogP contribution in [0.3, 0.4) is 0 Å². The van der Waals surface area contributed by atoms with Gasteiger partial charge < -0.3 is 20.8 Å². The Hall–Kier alpha value is -2.06. The maximum absolute atomic E-state index is 12.3. The number of amides is 2. The highest BCUT2D eigenvalue weighted by atomic mass is 16.4. The molecule has 0 bridgehead atoms. The van der Waals surface area contributed by atoms with E-state index in [2.05, 4.69) is 10.5 Å². The van der Waals surface area contributed by atoms with Crippen LogP contribution >= 0.6 is 0 Å². The molecule has 1 rings (SSSR count). The molecule has 0 aliphatic heterocycles. The van der Waals surface area contributed by atoms with Gasteiger partial charge in [0, 0.05) is 6.04 Å². The predicted octanol–water partition coefficient (Wildman–Crippen LogP) is 0.257. The molecule has 1 aliphatic rings. The molecule has 0 saturated heterocycles. The fraction of sp³-hybridized carbons (Fsp3) is 0.733. The third-order valence-electron chi connectivity index (χ3n) is 4.41. The molecular weight excluding hydrogens is 315 g/mol. The van der Waals surface area contributed by atoms with Crippen molar-refractivity contribution in [2.45, 2.75) is 52.4 Å². The van der Waals surface area contributed by atoms with E-state index < -0.39 is 41.0 Å². The molecule has 2 amide bonds. The molecule has 4 atom stereocenters. The Labute approximate surface area is 141 Å². The summed E-state index contributed by atoms with van der Waals surface area (Å²) in [5.74, 6) is -7.10. The van der Waals surface area contributed by atoms with E-state index in [9.17, 15) is 29.4 Å². The second-order valence-electron chi connectivity index (χ2n) is 6.61.